The van der Waals surface area contributed by atoms with Crippen molar-refractivity contribution in [2.45, 2.75) is 31.3 Å². The third-order valence-electron chi connectivity index (χ3n) is 4.63. The van der Waals surface area contributed by atoms with Gasteiger partial charge in [0.15, 0.2) is 0 Å². The van der Waals surface area contributed by atoms with Crippen molar-refractivity contribution in [1.82, 2.24) is 10.2 Å². The molecular formula is C20H24N2O2. The monoisotopic (exact) mass is 324 g/mol. The zero-order valence-corrected chi connectivity index (χ0v) is 13.8. The number of nitrogens with one attached hydrogen (secondary N) is 1. The van der Waals surface area contributed by atoms with Gasteiger partial charge in [-0.2, -0.15) is 0 Å². The van der Waals surface area contributed by atoms with E-state index in [0.717, 1.165) is 24.8 Å². The molecule has 24 heavy (non-hydrogen) atoms. The largest absolute Gasteiger partial charge is 0.394 e. The molecule has 0 spiro atoms. The first kappa shape index (κ1) is 16.5. The van der Waals surface area contributed by atoms with Crippen LogP contribution in [0.2, 0.25) is 0 Å². The normalized spacial score (nSPS) is 18.4. The average molecular weight is 324 g/mol. The fourth-order valence-electron chi connectivity index (χ4n) is 3.31. The fraction of sp³-hybridized carbons (Fsp3) is 0.350. The summed E-state index contributed by atoms with van der Waals surface area (Å²) in [6.45, 7) is 0.742. The highest BCUT2D eigenvalue weighted by atomic mass is 16.3. The molecule has 1 aliphatic rings. The van der Waals surface area contributed by atoms with Gasteiger partial charge >= 0.3 is 6.03 Å². The minimum absolute atomic E-state index is 0.0299. The van der Waals surface area contributed by atoms with Crippen LogP contribution in [-0.2, 0) is 6.42 Å². The molecule has 2 N–H and O–H groups in total. The van der Waals surface area contributed by atoms with Gasteiger partial charge in [-0.05, 0) is 30.4 Å². The van der Waals surface area contributed by atoms with Crippen molar-refractivity contribution >= 4 is 6.03 Å². The molecule has 0 radical (unpaired) electrons. The molecule has 2 atom stereocenters. The van der Waals surface area contributed by atoms with E-state index in [1.807, 2.05) is 48.5 Å². The number of hydrogen-bond acceptors (Lipinski definition) is 2. The van der Waals surface area contributed by atoms with E-state index in [9.17, 15) is 9.90 Å². The number of benzene rings is 2. The maximum Gasteiger partial charge on any atom is 0.318 e. The second-order valence-corrected chi connectivity index (χ2v) is 6.27. The van der Waals surface area contributed by atoms with Crippen molar-refractivity contribution in [2.24, 2.45) is 0 Å². The number of aliphatic hydroxyl groups is 1. The molecule has 2 aromatic carbocycles. The minimum atomic E-state index is -0.0867. The van der Waals surface area contributed by atoms with E-state index in [-0.39, 0.29) is 24.7 Å². The van der Waals surface area contributed by atoms with Crippen LogP contribution in [0.25, 0.3) is 0 Å². The lowest BCUT2D eigenvalue weighted by molar-refractivity contribution is 0.154. The Balaban J connectivity index is 1.76. The van der Waals surface area contributed by atoms with Crippen LogP contribution in [0.15, 0.2) is 60.7 Å². The minimum Gasteiger partial charge on any atom is -0.394 e. The first-order chi connectivity index (χ1) is 11.8. The van der Waals surface area contributed by atoms with Gasteiger partial charge in [0.1, 0.15) is 0 Å². The second-order valence-electron chi connectivity index (χ2n) is 6.27. The summed E-state index contributed by atoms with van der Waals surface area (Å²) in [5, 5.41) is 12.6. The van der Waals surface area contributed by atoms with Gasteiger partial charge in [0.05, 0.1) is 18.7 Å². The lowest BCUT2D eigenvalue weighted by Gasteiger charge is -2.27. The highest BCUT2D eigenvalue weighted by Crippen LogP contribution is 2.21. The summed E-state index contributed by atoms with van der Waals surface area (Å²) in [4.78, 5) is 14.5. The van der Waals surface area contributed by atoms with Gasteiger partial charge in [-0.3, -0.25) is 0 Å². The molecule has 1 saturated heterocycles. The third-order valence-corrected chi connectivity index (χ3v) is 4.63. The predicted molar refractivity (Wildman–Crippen MR) is 94.7 cm³/mol. The van der Waals surface area contributed by atoms with Gasteiger partial charge in [-0.15, -0.1) is 0 Å². The Morgan fingerprint density at radius 3 is 2.46 bits per heavy atom. The van der Waals surface area contributed by atoms with Crippen molar-refractivity contribution in [1.29, 1.82) is 0 Å². The lowest BCUT2D eigenvalue weighted by Crippen LogP contribution is -2.45. The van der Waals surface area contributed by atoms with Crippen molar-refractivity contribution in [3.8, 4) is 0 Å². The first-order valence-electron chi connectivity index (χ1n) is 8.55. The van der Waals surface area contributed by atoms with Gasteiger partial charge in [0, 0.05) is 6.54 Å². The van der Waals surface area contributed by atoms with E-state index >= 15 is 0 Å². The Morgan fingerprint density at radius 1 is 1.12 bits per heavy atom. The maximum absolute atomic E-state index is 12.7. The highest BCUT2D eigenvalue weighted by molar-refractivity contribution is 5.75. The van der Waals surface area contributed by atoms with E-state index in [1.165, 1.54) is 5.56 Å². The summed E-state index contributed by atoms with van der Waals surface area (Å²) in [6.07, 6.45) is 2.57. The molecule has 126 valence electrons. The quantitative estimate of drug-likeness (QED) is 0.888. The molecule has 0 bridgehead atoms. The molecule has 2 amide bonds. The number of amides is 2. The van der Waals surface area contributed by atoms with E-state index in [4.69, 9.17) is 0 Å². The van der Waals surface area contributed by atoms with E-state index in [2.05, 4.69) is 17.4 Å². The first-order valence-corrected chi connectivity index (χ1v) is 8.55. The molecular weight excluding hydrogens is 300 g/mol. The SMILES string of the molecule is O=C(NC(Cc1ccccc1)c1ccccc1)N1CCC[C@H]1CO. The van der Waals surface area contributed by atoms with E-state index < -0.39 is 0 Å². The number of nitrogens with zero attached hydrogens (tertiary/aromatic N) is 1. The summed E-state index contributed by atoms with van der Waals surface area (Å²) >= 11 is 0. The van der Waals surface area contributed by atoms with E-state index in [0.29, 0.717) is 6.54 Å². The molecule has 4 heteroatoms. The van der Waals surface area contributed by atoms with Crippen molar-refractivity contribution in [2.75, 3.05) is 13.2 Å². The van der Waals surface area contributed by atoms with Crippen molar-refractivity contribution < 1.29 is 9.90 Å². The summed E-state index contributed by atoms with van der Waals surface area (Å²) in [5.41, 5.74) is 2.28. The Hall–Kier alpha value is -2.33. The summed E-state index contributed by atoms with van der Waals surface area (Å²) in [5.74, 6) is 0. The Morgan fingerprint density at radius 2 is 1.79 bits per heavy atom. The Labute approximate surface area is 143 Å². The van der Waals surface area contributed by atoms with Gasteiger partial charge in [0.2, 0.25) is 0 Å². The van der Waals surface area contributed by atoms with Gasteiger partial charge in [0.25, 0.3) is 0 Å². The molecule has 3 rings (SSSR count). The van der Waals surface area contributed by atoms with Crippen molar-refractivity contribution in [3.63, 3.8) is 0 Å². The van der Waals surface area contributed by atoms with Crippen LogP contribution in [0.1, 0.15) is 30.0 Å². The maximum atomic E-state index is 12.7. The number of hydrogen-bond donors (Lipinski definition) is 2. The molecule has 0 aliphatic carbocycles. The smallest absolute Gasteiger partial charge is 0.318 e. The summed E-state index contributed by atoms with van der Waals surface area (Å²) in [6, 6.07) is 20.0. The van der Waals surface area contributed by atoms with Gasteiger partial charge in [-0.25, -0.2) is 4.79 Å². The number of likely N-dealkylation sites (tertiary alicyclic amines) is 1. The number of urea groups is 1. The van der Waals surface area contributed by atoms with Crippen LogP contribution in [0.4, 0.5) is 4.79 Å². The van der Waals surface area contributed by atoms with Gasteiger partial charge in [-0.1, -0.05) is 60.7 Å². The molecule has 1 heterocycles. The van der Waals surface area contributed by atoms with Crippen LogP contribution >= 0.6 is 0 Å². The molecule has 1 fully saturated rings. The summed E-state index contributed by atoms with van der Waals surface area (Å²) < 4.78 is 0. The fourth-order valence-corrected chi connectivity index (χ4v) is 3.31. The zero-order chi connectivity index (χ0) is 16.8. The molecule has 0 saturated carbocycles. The molecule has 4 nitrogen and oxygen atoms in total. The molecule has 0 aromatic heterocycles. The highest BCUT2D eigenvalue weighted by Gasteiger charge is 2.29. The Kier molecular flexibility index (Phi) is 5.49. The van der Waals surface area contributed by atoms with Crippen LogP contribution < -0.4 is 5.32 Å². The standard InChI is InChI=1S/C20H24N2O2/c23-15-18-12-7-13-22(18)20(24)21-19(17-10-5-2-6-11-17)14-16-8-3-1-4-9-16/h1-6,8-11,18-19,23H,7,12-15H2,(H,21,24)/t18-,19?/m0/s1. The number of carbonyl (C=O) groups excluding carboxylic acids is 1. The van der Waals surface area contributed by atoms with Crippen LogP contribution in [0.5, 0.6) is 0 Å². The van der Waals surface area contributed by atoms with E-state index in [1.54, 1.807) is 4.90 Å². The molecule has 1 aliphatic heterocycles. The zero-order valence-electron chi connectivity index (χ0n) is 13.8. The Bertz CT molecular complexity index is 645. The van der Waals surface area contributed by atoms with Crippen LogP contribution in [0, 0.1) is 0 Å². The number of rotatable bonds is 5. The third kappa shape index (κ3) is 3.95. The van der Waals surface area contributed by atoms with Crippen LogP contribution in [-0.4, -0.2) is 35.2 Å². The van der Waals surface area contributed by atoms with Gasteiger partial charge < -0.3 is 15.3 Å². The van der Waals surface area contributed by atoms with Crippen molar-refractivity contribution in [3.05, 3.63) is 71.8 Å². The second kappa shape index (κ2) is 7.97. The van der Waals surface area contributed by atoms with Crippen LogP contribution in [0.3, 0.4) is 0 Å². The predicted octanol–water partition coefficient (Wildman–Crippen LogP) is 3.14. The lowest BCUT2D eigenvalue weighted by atomic mass is 9.99. The average Bonchev–Trinajstić information content (AvgIpc) is 3.12. The number of aliphatic hydroxyl groups excluding tert-OH is 1. The molecule has 1 unspecified atom stereocenters. The number of carbonyl (C=O) groups is 1. The topological polar surface area (TPSA) is 52.6 Å². The molecule has 2 aromatic rings. The summed E-state index contributed by atoms with van der Waals surface area (Å²) in [7, 11) is 0.